The van der Waals surface area contributed by atoms with E-state index in [-0.39, 0.29) is 0 Å². The third kappa shape index (κ3) is 3.07. The number of hydrogen-bond donors (Lipinski definition) is 2. The number of carbonyl (C=O) groups is 2. The topological polar surface area (TPSA) is 88.8 Å². The standard InChI is InChI=1S/C11H15NO5/c1-6-4-8(7(2)17-6)10(14)12-9(5-13)11(15)16-3/h4,9,13H,5H2,1-3H3,(H,12,14). The molecule has 0 aromatic carbocycles. The second kappa shape index (κ2) is 5.49. The van der Waals surface area contributed by atoms with Gasteiger partial charge >= 0.3 is 5.97 Å². The molecule has 94 valence electrons. The molecule has 0 fully saturated rings. The van der Waals surface area contributed by atoms with Crippen molar-refractivity contribution in [1.82, 2.24) is 5.32 Å². The summed E-state index contributed by atoms with van der Waals surface area (Å²) in [6, 6.07) is 0.498. The van der Waals surface area contributed by atoms with Crippen molar-refractivity contribution in [3.63, 3.8) is 0 Å². The lowest BCUT2D eigenvalue weighted by atomic mass is 10.2. The highest BCUT2D eigenvalue weighted by molar-refractivity contribution is 5.97. The van der Waals surface area contributed by atoms with E-state index < -0.39 is 24.5 Å². The summed E-state index contributed by atoms with van der Waals surface area (Å²) in [7, 11) is 1.18. The van der Waals surface area contributed by atoms with Gasteiger partial charge in [0, 0.05) is 0 Å². The van der Waals surface area contributed by atoms with Gasteiger partial charge in [0.1, 0.15) is 11.5 Å². The molecule has 1 unspecified atom stereocenters. The Labute approximate surface area is 98.6 Å². The zero-order chi connectivity index (χ0) is 13.0. The fraction of sp³-hybridized carbons (Fsp3) is 0.455. The minimum Gasteiger partial charge on any atom is -0.467 e. The number of amides is 1. The van der Waals surface area contributed by atoms with E-state index in [1.165, 1.54) is 7.11 Å². The Hall–Kier alpha value is -1.82. The molecule has 0 spiro atoms. The molecule has 17 heavy (non-hydrogen) atoms. The predicted octanol–water partition coefficient (Wildman–Crippen LogP) is 0.160. The molecular formula is C11H15NO5. The second-order valence-corrected chi connectivity index (χ2v) is 3.56. The van der Waals surface area contributed by atoms with Crippen molar-refractivity contribution >= 4 is 11.9 Å². The lowest BCUT2D eigenvalue weighted by Gasteiger charge is -2.13. The molecule has 0 saturated carbocycles. The van der Waals surface area contributed by atoms with Gasteiger partial charge in [-0.25, -0.2) is 4.79 Å². The molecule has 0 aliphatic rings. The summed E-state index contributed by atoms with van der Waals surface area (Å²) in [5, 5.41) is 11.3. The van der Waals surface area contributed by atoms with Crippen molar-refractivity contribution in [3.05, 3.63) is 23.2 Å². The van der Waals surface area contributed by atoms with Crippen molar-refractivity contribution in [2.24, 2.45) is 0 Å². The first-order valence-electron chi connectivity index (χ1n) is 5.06. The molecule has 1 amide bonds. The minimum absolute atomic E-state index is 0.338. The zero-order valence-electron chi connectivity index (χ0n) is 9.94. The van der Waals surface area contributed by atoms with E-state index in [1.807, 2.05) is 0 Å². The maximum Gasteiger partial charge on any atom is 0.330 e. The highest BCUT2D eigenvalue weighted by atomic mass is 16.5. The van der Waals surface area contributed by atoms with Gasteiger partial charge in [-0.3, -0.25) is 4.79 Å². The molecule has 1 aromatic heterocycles. The Morgan fingerprint density at radius 2 is 2.18 bits per heavy atom. The van der Waals surface area contributed by atoms with Crippen molar-refractivity contribution in [2.45, 2.75) is 19.9 Å². The molecule has 1 heterocycles. The first kappa shape index (κ1) is 13.2. The molecular weight excluding hydrogens is 226 g/mol. The third-order valence-corrected chi connectivity index (χ3v) is 2.26. The molecule has 0 saturated heterocycles. The van der Waals surface area contributed by atoms with Crippen molar-refractivity contribution in [1.29, 1.82) is 0 Å². The van der Waals surface area contributed by atoms with Gasteiger partial charge in [-0.1, -0.05) is 0 Å². The average Bonchev–Trinajstić information content (AvgIpc) is 2.64. The Kier molecular flexibility index (Phi) is 4.28. The van der Waals surface area contributed by atoms with E-state index in [9.17, 15) is 9.59 Å². The lowest BCUT2D eigenvalue weighted by molar-refractivity contribution is -0.143. The average molecular weight is 241 g/mol. The van der Waals surface area contributed by atoms with Crippen LogP contribution in [-0.2, 0) is 9.53 Å². The quantitative estimate of drug-likeness (QED) is 0.733. The Bertz CT molecular complexity index is 423. The predicted molar refractivity (Wildman–Crippen MR) is 58.5 cm³/mol. The van der Waals surface area contributed by atoms with Gasteiger partial charge in [0.15, 0.2) is 6.04 Å². The summed E-state index contributed by atoms with van der Waals surface area (Å²) in [6.07, 6.45) is 0. The number of hydrogen-bond acceptors (Lipinski definition) is 5. The molecule has 2 N–H and O–H groups in total. The van der Waals surface area contributed by atoms with E-state index in [4.69, 9.17) is 9.52 Å². The number of aliphatic hydroxyl groups excluding tert-OH is 1. The van der Waals surface area contributed by atoms with Gasteiger partial charge in [0.2, 0.25) is 0 Å². The van der Waals surface area contributed by atoms with Gasteiger partial charge < -0.3 is 19.6 Å². The summed E-state index contributed by atoms with van der Waals surface area (Å²) < 4.78 is 9.64. The second-order valence-electron chi connectivity index (χ2n) is 3.56. The van der Waals surface area contributed by atoms with Crippen molar-refractivity contribution in [3.8, 4) is 0 Å². The van der Waals surface area contributed by atoms with Crippen LogP contribution in [0.2, 0.25) is 0 Å². The fourth-order valence-corrected chi connectivity index (χ4v) is 1.41. The summed E-state index contributed by atoms with van der Waals surface area (Å²) in [4.78, 5) is 23.0. The van der Waals surface area contributed by atoms with Crippen LogP contribution in [0.1, 0.15) is 21.9 Å². The molecule has 0 aliphatic heterocycles. The van der Waals surface area contributed by atoms with E-state index in [0.717, 1.165) is 0 Å². The molecule has 6 heteroatoms. The van der Waals surface area contributed by atoms with Crippen molar-refractivity contribution < 1.29 is 23.8 Å². The normalized spacial score (nSPS) is 12.0. The third-order valence-electron chi connectivity index (χ3n) is 2.26. The van der Waals surface area contributed by atoms with E-state index in [1.54, 1.807) is 19.9 Å². The summed E-state index contributed by atoms with van der Waals surface area (Å²) in [5.74, 6) is -0.115. The molecule has 1 aromatic rings. The lowest BCUT2D eigenvalue weighted by Crippen LogP contribution is -2.44. The summed E-state index contributed by atoms with van der Waals surface area (Å²) in [6.45, 7) is 2.84. The molecule has 0 bridgehead atoms. The molecule has 0 aliphatic carbocycles. The number of ether oxygens (including phenoxy) is 1. The number of aryl methyl sites for hydroxylation is 2. The number of furan rings is 1. The van der Waals surface area contributed by atoms with Crippen LogP contribution in [0.15, 0.2) is 10.5 Å². The van der Waals surface area contributed by atoms with Gasteiger partial charge in [-0.15, -0.1) is 0 Å². The highest BCUT2D eigenvalue weighted by Crippen LogP contribution is 2.13. The van der Waals surface area contributed by atoms with E-state index in [2.05, 4.69) is 10.1 Å². The smallest absolute Gasteiger partial charge is 0.330 e. The SMILES string of the molecule is COC(=O)C(CO)NC(=O)c1cc(C)oc1C. The maximum atomic E-state index is 11.8. The van der Waals surface area contributed by atoms with Gasteiger partial charge in [-0.05, 0) is 19.9 Å². The van der Waals surface area contributed by atoms with Crippen LogP contribution < -0.4 is 5.32 Å². The van der Waals surface area contributed by atoms with Crippen LogP contribution >= 0.6 is 0 Å². The maximum absolute atomic E-state index is 11.8. The number of rotatable bonds is 4. The van der Waals surface area contributed by atoms with Crippen LogP contribution in [0.3, 0.4) is 0 Å². The zero-order valence-corrected chi connectivity index (χ0v) is 9.94. The highest BCUT2D eigenvalue weighted by Gasteiger charge is 2.23. The number of carbonyl (C=O) groups excluding carboxylic acids is 2. The molecule has 1 rings (SSSR count). The Morgan fingerprint density at radius 1 is 1.53 bits per heavy atom. The van der Waals surface area contributed by atoms with Crippen LogP contribution in [0, 0.1) is 13.8 Å². The van der Waals surface area contributed by atoms with Crippen LogP contribution in [-0.4, -0.2) is 36.7 Å². The summed E-state index contributed by atoms with van der Waals surface area (Å²) in [5.41, 5.74) is 0.338. The van der Waals surface area contributed by atoms with Gasteiger partial charge in [0.25, 0.3) is 5.91 Å². The number of esters is 1. The largest absolute Gasteiger partial charge is 0.467 e. The monoisotopic (exact) mass is 241 g/mol. The number of methoxy groups -OCH3 is 1. The van der Waals surface area contributed by atoms with Crippen LogP contribution in [0.25, 0.3) is 0 Å². The number of nitrogens with one attached hydrogen (secondary N) is 1. The molecule has 0 radical (unpaired) electrons. The van der Waals surface area contributed by atoms with E-state index >= 15 is 0 Å². The van der Waals surface area contributed by atoms with Gasteiger partial charge in [-0.2, -0.15) is 0 Å². The van der Waals surface area contributed by atoms with Crippen LogP contribution in [0.5, 0.6) is 0 Å². The minimum atomic E-state index is -1.07. The van der Waals surface area contributed by atoms with Gasteiger partial charge in [0.05, 0.1) is 19.3 Å². The molecule has 1 atom stereocenters. The Balaban J connectivity index is 2.78. The molecule has 6 nitrogen and oxygen atoms in total. The van der Waals surface area contributed by atoms with Crippen molar-refractivity contribution in [2.75, 3.05) is 13.7 Å². The number of aliphatic hydroxyl groups is 1. The first-order valence-corrected chi connectivity index (χ1v) is 5.06. The first-order chi connectivity index (χ1) is 7.99. The fourth-order valence-electron chi connectivity index (χ4n) is 1.41. The van der Waals surface area contributed by atoms with Crippen LogP contribution in [0.4, 0.5) is 0 Å². The Morgan fingerprint density at radius 3 is 2.59 bits per heavy atom. The summed E-state index contributed by atoms with van der Waals surface area (Å²) >= 11 is 0. The van der Waals surface area contributed by atoms with E-state index in [0.29, 0.717) is 17.1 Å².